The number of rotatable bonds is 9. The Bertz CT molecular complexity index is 11100. The Morgan fingerprint density at radius 3 is 0.714 bits per heavy atom. The average molecular weight is 1880 g/mol. The quantitative estimate of drug-likeness (QED) is 0.127. The van der Waals surface area contributed by atoms with Crippen molar-refractivity contribution in [1.29, 1.82) is 15.8 Å². The van der Waals surface area contributed by atoms with Gasteiger partial charge in [-0.1, -0.05) is 249 Å². The predicted molar refractivity (Wildman–Crippen MR) is 592 cm³/mol. The Balaban J connectivity index is 0.000000107. The number of para-hydroxylation sites is 10. The van der Waals surface area contributed by atoms with Crippen molar-refractivity contribution in [3.63, 3.8) is 0 Å². The van der Waals surface area contributed by atoms with E-state index in [-0.39, 0.29) is 0 Å². The van der Waals surface area contributed by atoms with E-state index in [2.05, 4.69) is 265 Å². The molecule has 0 saturated carbocycles. The first kappa shape index (κ1) is 83.9. The molecule has 0 amide bonds. The zero-order valence-electron chi connectivity index (χ0n) is 77.8. The Hall–Kier alpha value is -21.2. The lowest BCUT2D eigenvalue weighted by molar-refractivity contribution is 0.664. The molecule has 9 aromatic heterocycles. The molecule has 0 fully saturated rings. The monoisotopic (exact) mass is 1880 g/mol. The highest BCUT2D eigenvalue weighted by atomic mass is 16.4. The molecule has 678 valence electrons. The first-order chi connectivity index (χ1) is 72.6. The molecule has 0 spiro atoms. The largest absolute Gasteiger partial charge is 0.456 e. The first-order valence-electron chi connectivity index (χ1n) is 48.0. The summed E-state index contributed by atoms with van der Waals surface area (Å²) in [7, 11) is 0. The number of hydrogen-bond donors (Lipinski definition) is 0. The van der Waals surface area contributed by atoms with Gasteiger partial charge in [-0.25, -0.2) is 14.5 Å². The van der Waals surface area contributed by atoms with E-state index >= 15 is 0 Å². The minimum Gasteiger partial charge on any atom is -0.456 e. The first-order valence-corrected chi connectivity index (χ1v) is 48.0. The minimum absolute atomic E-state index is 0.600. The summed E-state index contributed by atoms with van der Waals surface area (Å²) in [5.41, 5.74) is 33.7. The standard InChI is InChI=1S/3C44H23N3O2/c1-46-37-14-5-2-10-29(37)26-17-19-40-33(21-26)35-23-43-36(24-42(35)48-40)34-22-27(18-20-41(34)49-43)30-13-8-9-28(25-45)44(30)47-38-15-6-3-11-31(38)32-12-4-7-16-39(32)47;1-46-30-10-6-8-26(20-30)27-16-18-40-34(21-27)36-23-43-37(24-42(36)48-40)35-22-28(17-19-41(35)49-43)31-13-7-9-29(25-45)44(31)47-38-14-4-2-11-32(38)33-12-3-5-15-39(33)47;1-46-30-17-13-26(14-18-30)27-15-19-40-34(21-27)36-23-43-37(24-42(36)48-40)35-22-28(16-20-41(35)49-43)31-10-6-7-29(25-45)44(31)47-38-11-4-2-8-32(38)33-9-3-5-12-39(33)47/h3*2-24H. The van der Waals surface area contributed by atoms with Crippen LogP contribution >= 0.6 is 0 Å². The van der Waals surface area contributed by atoms with E-state index in [1.165, 1.54) is 0 Å². The summed E-state index contributed by atoms with van der Waals surface area (Å²) in [6, 6.07) is 148. The van der Waals surface area contributed by atoms with Gasteiger partial charge in [-0.3, -0.25) is 0 Å². The number of fused-ring (bicyclic) bond motifs is 27. The molecular formula is C132H69N9O6. The van der Waals surface area contributed by atoms with E-state index < -0.39 is 0 Å². The molecule has 0 unspecified atom stereocenters. The van der Waals surface area contributed by atoms with Gasteiger partial charge in [0.25, 0.3) is 0 Å². The van der Waals surface area contributed by atoms with Crippen molar-refractivity contribution in [2.45, 2.75) is 0 Å². The molecule has 0 aliphatic heterocycles. The third-order valence-electron chi connectivity index (χ3n) is 29.0. The maximum atomic E-state index is 10.4. The van der Waals surface area contributed by atoms with Gasteiger partial charge in [0.15, 0.2) is 17.1 Å². The molecule has 15 heteroatoms. The van der Waals surface area contributed by atoms with Crippen LogP contribution in [0.15, 0.2) is 445 Å². The Morgan fingerprint density at radius 2 is 0.415 bits per heavy atom. The van der Waals surface area contributed by atoms with E-state index in [0.717, 1.165) is 281 Å². The van der Waals surface area contributed by atoms with Gasteiger partial charge < -0.3 is 40.2 Å². The van der Waals surface area contributed by atoms with Gasteiger partial charge in [-0.2, -0.15) is 15.8 Å². The average Bonchev–Trinajstić information content (AvgIpc) is 1.59. The molecule has 0 aliphatic rings. The number of furan rings is 6. The van der Waals surface area contributed by atoms with Gasteiger partial charge >= 0.3 is 0 Å². The van der Waals surface area contributed by atoms with Crippen LogP contribution in [-0.2, 0) is 0 Å². The highest BCUT2D eigenvalue weighted by molar-refractivity contribution is 6.21. The van der Waals surface area contributed by atoms with Crippen molar-refractivity contribution in [2.75, 3.05) is 0 Å². The summed E-state index contributed by atoms with van der Waals surface area (Å²) in [4.78, 5) is 10.8. The molecule has 0 bridgehead atoms. The zero-order chi connectivity index (χ0) is 97.9. The topological polar surface area (TPSA) is 178 Å². The third-order valence-corrected chi connectivity index (χ3v) is 29.0. The summed E-state index contributed by atoms with van der Waals surface area (Å²) >= 11 is 0. The van der Waals surface area contributed by atoms with Crippen LogP contribution in [0, 0.1) is 53.7 Å². The van der Waals surface area contributed by atoms with Crippen LogP contribution in [0.3, 0.4) is 0 Å². The summed E-state index contributed by atoms with van der Waals surface area (Å²) in [6.07, 6.45) is 0. The van der Waals surface area contributed by atoms with E-state index in [1.807, 2.05) is 200 Å². The molecule has 15 nitrogen and oxygen atoms in total. The predicted octanol–water partition coefficient (Wildman–Crippen LogP) is 37.0. The van der Waals surface area contributed by atoms with Gasteiger partial charge in [0, 0.05) is 114 Å². The summed E-state index contributed by atoms with van der Waals surface area (Å²) in [6.45, 7) is 22.3. The molecule has 9 heterocycles. The normalized spacial score (nSPS) is 11.6. The Kier molecular flexibility index (Phi) is 19.0. The summed E-state index contributed by atoms with van der Waals surface area (Å²) in [5, 5.41) is 49.7. The molecule has 147 heavy (non-hydrogen) atoms. The molecule has 21 aromatic carbocycles. The van der Waals surface area contributed by atoms with Crippen LogP contribution < -0.4 is 0 Å². The van der Waals surface area contributed by atoms with Crippen molar-refractivity contribution >= 4 is 214 Å². The number of nitriles is 3. The van der Waals surface area contributed by atoms with Crippen LogP contribution in [0.1, 0.15) is 16.7 Å². The van der Waals surface area contributed by atoms with Gasteiger partial charge in [-0.05, 0) is 220 Å². The molecule has 30 aromatic rings. The molecule has 0 aliphatic carbocycles. The number of nitrogens with zero attached hydrogens (tertiary/aromatic N) is 9. The maximum Gasteiger partial charge on any atom is 0.194 e. The second-order valence-electron chi connectivity index (χ2n) is 36.9. The summed E-state index contributed by atoms with van der Waals surface area (Å²) in [5.74, 6) is 0. The van der Waals surface area contributed by atoms with Crippen molar-refractivity contribution < 1.29 is 26.5 Å². The second-order valence-corrected chi connectivity index (χ2v) is 36.9. The second kappa shape index (κ2) is 33.2. The minimum atomic E-state index is 0.600. The summed E-state index contributed by atoms with van der Waals surface area (Å²) < 4.78 is 45.1. The van der Waals surface area contributed by atoms with E-state index in [0.29, 0.717) is 33.8 Å². The van der Waals surface area contributed by atoms with Crippen molar-refractivity contribution in [3.05, 3.63) is 470 Å². The van der Waals surface area contributed by atoms with Crippen molar-refractivity contribution in [2.24, 2.45) is 0 Å². The fourth-order valence-corrected chi connectivity index (χ4v) is 22.3. The highest BCUT2D eigenvalue weighted by Gasteiger charge is 2.28. The third kappa shape index (κ3) is 13.3. The smallest absolute Gasteiger partial charge is 0.194 e. The lowest BCUT2D eigenvalue weighted by atomic mass is 9.98. The van der Waals surface area contributed by atoms with Crippen LogP contribution in [0.25, 0.3) is 295 Å². The molecule has 30 rings (SSSR count). The van der Waals surface area contributed by atoms with Crippen LogP contribution in [-0.4, -0.2) is 13.7 Å². The Morgan fingerprint density at radius 1 is 0.177 bits per heavy atom. The zero-order valence-corrected chi connectivity index (χ0v) is 77.8. The highest BCUT2D eigenvalue weighted by Crippen LogP contribution is 2.50. The molecular weight excluding hydrogens is 1810 g/mol. The maximum absolute atomic E-state index is 10.4. The molecule has 0 radical (unpaired) electrons. The SMILES string of the molecule is [C-]#[N+]c1ccc(-c2ccc3oc4cc5c(cc4c3c2)oc2ccc(-c3cccc(C#N)c3-n3c4ccccc4c4ccccc43)cc25)cc1.[C-]#[N+]c1cccc(-c2ccc3oc4cc5c(cc4c3c2)oc2ccc(-c3cccc(C#N)c3-n3c4ccccc4c4ccccc43)cc25)c1.[C-]#[N+]c1ccccc1-c1ccc2oc3cc4c(cc3c2c1)oc1ccc(-c2cccc(C#N)c2-n2c3ccccc3c3ccccc32)cc14. The van der Waals surface area contributed by atoms with Gasteiger partial charge in [-0.15, -0.1) is 0 Å². The van der Waals surface area contributed by atoms with E-state index in [4.69, 9.17) is 46.2 Å². The van der Waals surface area contributed by atoms with Crippen LogP contribution in [0.2, 0.25) is 0 Å². The lowest BCUT2D eigenvalue weighted by Gasteiger charge is -2.16. The Labute approximate surface area is 836 Å². The van der Waals surface area contributed by atoms with Gasteiger partial charge in [0.2, 0.25) is 0 Å². The molecule has 0 N–H and O–H groups in total. The number of hydrogen-bond acceptors (Lipinski definition) is 9. The van der Waals surface area contributed by atoms with Crippen molar-refractivity contribution in [3.8, 4) is 102 Å². The van der Waals surface area contributed by atoms with Gasteiger partial charge in [0.1, 0.15) is 85.2 Å². The van der Waals surface area contributed by atoms with Crippen molar-refractivity contribution in [1.82, 2.24) is 13.7 Å². The lowest BCUT2D eigenvalue weighted by Crippen LogP contribution is -2.00. The molecule has 0 saturated heterocycles. The van der Waals surface area contributed by atoms with Crippen LogP contribution in [0.4, 0.5) is 17.1 Å². The fraction of sp³-hybridized carbons (Fsp3) is 0. The van der Waals surface area contributed by atoms with Gasteiger partial charge in [0.05, 0.1) is 86.6 Å². The van der Waals surface area contributed by atoms with Crippen LogP contribution in [0.5, 0.6) is 0 Å². The molecule has 0 atom stereocenters. The number of aromatic nitrogens is 3. The fourth-order valence-electron chi connectivity index (χ4n) is 22.3. The number of benzene rings is 21. The van der Waals surface area contributed by atoms with E-state index in [9.17, 15) is 15.8 Å². The van der Waals surface area contributed by atoms with E-state index in [1.54, 1.807) is 0 Å².